The molecule has 3 rings (SSSR count). The number of aromatic nitrogens is 3. The zero-order chi connectivity index (χ0) is 18.0. The number of pyridine rings is 1. The summed E-state index contributed by atoms with van der Waals surface area (Å²) in [6.45, 7) is 1.72. The molecule has 1 aliphatic rings. The highest BCUT2D eigenvalue weighted by atomic mass is 19.4. The molecule has 25 heavy (non-hydrogen) atoms. The molecule has 2 aromatic heterocycles. The quantitative estimate of drug-likeness (QED) is 0.907. The van der Waals surface area contributed by atoms with Crippen molar-refractivity contribution in [2.24, 2.45) is 5.92 Å². The van der Waals surface area contributed by atoms with Crippen LogP contribution in [-0.2, 0) is 12.6 Å². The van der Waals surface area contributed by atoms with Crippen molar-refractivity contribution in [3.8, 4) is 6.07 Å². The fourth-order valence-corrected chi connectivity index (χ4v) is 3.07. The van der Waals surface area contributed by atoms with Crippen LogP contribution in [0.25, 0.3) is 0 Å². The van der Waals surface area contributed by atoms with E-state index in [9.17, 15) is 13.2 Å². The normalized spacial score (nSPS) is 20.4. The summed E-state index contributed by atoms with van der Waals surface area (Å²) in [6, 6.07) is 3.80. The number of hydrogen-bond donors (Lipinski definition) is 1. The van der Waals surface area contributed by atoms with E-state index in [-0.39, 0.29) is 17.4 Å². The van der Waals surface area contributed by atoms with Crippen LogP contribution in [0.15, 0.2) is 16.5 Å². The fraction of sp³-hybridized carbons (Fsp3) is 0.500. The topological polar surface area (TPSA) is 87.6 Å². The van der Waals surface area contributed by atoms with Crippen LogP contribution in [0.1, 0.15) is 42.3 Å². The first kappa shape index (κ1) is 17.2. The monoisotopic (exact) mass is 351 g/mol. The van der Waals surface area contributed by atoms with Crippen molar-refractivity contribution in [3.63, 3.8) is 0 Å². The van der Waals surface area contributed by atoms with Gasteiger partial charge in [0.25, 0.3) is 0 Å². The van der Waals surface area contributed by atoms with Gasteiger partial charge in [0, 0.05) is 19.4 Å². The molecule has 1 aliphatic carbocycles. The third kappa shape index (κ3) is 4.07. The summed E-state index contributed by atoms with van der Waals surface area (Å²) >= 11 is 0. The molecule has 6 nitrogen and oxygen atoms in total. The number of rotatable bonds is 4. The Hall–Kier alpha value is -2.63. The van der Waals surface area contributed by atoms with Crippen LogP contribution in [0.3, 0.4) is 0 Å². The second kappa shape index (κ2) is 6.70. The minimum absolute atomic E-state index is 0.0170. The Morgan fingerprint density at radius 2 is 2.12 bits per heavy atom. The maximum Gasteiger partial charge on any atom is 0.433 e. The molecule has 0 unspecified atom stereocenters. The van der Waals surface area contributed by atoms with E-state index in [1.54, 1.807) is 6.92 Å². The summed E-state index contributed by atoms with van der Waals surface area (Å²) in [6.07, 6.45) is -1.50. The van der Waals surface area contributed by atoms with E-state index in [2.05, 4.69) is 20.5 Å². The van der Waals surface area contributed by atoms with Gasteiger partial charge in [-0.3, -0.25) is 0 Å². The molecule has 0 amide bonds. The Kier molecular flexibility index (Phi) is 4.61. The van der Waals surface area contributed by atoms with Crippen LogP contribution in [-0.4, -0.2) is 21.2 Å². The molecular weight excluding hydrogens is 335 g/mol. The lowest BCUT2D eigenvalue weighted by molar-refractivity contribution is -0.141. The van der Waals surface area contributed by atoms with Gasteiger partial charge in [0.2, 0.25) is 11.8 Å². The summed E-state index contributed by atoms with van der Waals surface area (Å²) in [4.78, 5) is 3.59. The summed E-state index contributed by atoms with van der Waals surface area (Å²) in [5, 5.41) is 19.8. The van der Waals surface area contributed by atoms with Crippen LogP contribution in [0.2, 0.25) is 0 Å². The highest BCUT2D eigenvalue weighted by molar-refractivity contribution is 5.53. The SMILES string of the molecule is Cc1nnc(C[C@@H]2CC[C@H](Nc3nc(C(F)(F)F)ccc3C#N)C2)o1. The van der Waals surface area contributed by atoms with Gasteiger partial charge in [-0.15, -0.1) is 10.2 Å². The lowest BCUT2D eigenvalue weighted by Gasteiger charge is -2.16. The van der Waals surface area contributed by atoms with Gasteiger partial charge in [-0.1, -0.05) is 0 Å². The second-order valence-electron chi connectivity index (χ2n) is 6.14. The largest absolute Gasteiger partial charge is 0.433 e. The van der Waals surface area contributed by atoms with Crippen LogP contribution in [0.5, 0.6) is 0 Å². The summed E-state index contributed by atoms with van der Waals surface area (Å²) in [7, 11) is 0. The lowest BCUT2D eigenvalue weighted by Crippen LogP contribution is -2.19. The lowest BCUT2D eigenvalue weighted by atomic mass is 10.0. The standard InChI is InChI=1S/C16H16F3N5O/c1-9-23-24-14(25-9)7-10-2-4-12(6-10)21-15-11(8-20)3-5-13(22-15)16(17,18)19/h3,5,10,12H,2,4,6-7H2,1H3,(H,21,22)/t10-,12+/m1/s1. The molecule has 0 spiro atoms. The van der Waals surface area contributed by atoms with E-state index in [0.717, 1.165) is 31.4 Å². The van der Waals surface area contributed by atoms with Crippen LogP contribution in [0.4, 0.5) is 19.0 Å². The van der Waals surface area contributed by atoms with Gasteiger partial charge in [0.15, 0.2) is 0 Å². The van der Waals surface area contributed by atoms with E-state index in [0.29, 0.717) is 24.1 Å². The van der Waals surface area contributed by atoms with E-state index < -0.39 is 11.9 Å². The van der Waals surface area contributed by atoms with Crippen molar-refractivity contribution in [3.05, 3.63) is 35.2 Å². The average molecular weight is 351 g/mol. The number of alkyl halides is 3. The van der Waals surface area contributed by atoms with Crippen LogP contribution in [0, 0.1) is 24.2 Å². The van der Waals surface area contributed by atoms with Crippen molar-refractivity contribution >= 4 is 5.82 Å². The third-order valence-electron chi connectivity index (χ3n) is 4.22. The highest BCUT2D eigenvalue weighted by Crippen LogP contribution is 2.33. The molecule has 2 heterocycles. The number of anilines is 1. The Balaban J connectivity index is 1.67. The van der Waals surface area contributed by atoms with Crippen molar-refractivity contribution in [1.29, 1.82) is 5.26 Å². The Labute approximate surface area is 142 Å². The van der Waals surface area contributed by atoms with Crippen LogP contribution < -0.4 is 5.32 Å². The summed E-state index contributed by atoms with van der Waals surface area (Å²) in [5.74, 6) is 1.36. The Morgan fingerprint density at radius 1 is 1.32 bits per heavy atom. The first-order valence-electron chi connectivity index (χ1n) is 7.89. The van der Waals surface area contributed by atoms with E-state index in [1.165, 1.54) is 0 Å². The van der Waals surface area contributed by atoms with Gasteiger partial charge in [0.05, 0.1) is 5.56 Å². The molecule has 2 atom stereocenters. The van der Waals surface area contributed by atoms with Gasteiger partial charge < -0.3 is 9.73 Å². The number of hydrogen-bond acceptors (Lipinski definition) is 6. The predicted octanol–water partition coefficient (Wildman–Crippen LogP) is 3.49. The maximum absolute atomic E-state index is 12.8. The van der Waals surface area contributed by atoms with Crippen LogP contribution >= 0.6 is 0 Å². The smallest absolute Gasteiger partial charge is 0.426 e. The molecule has 0 radical (unpaired) electrons. The van der Waals surface area contributed by atoms with Crippen molar-refractivity contribution < 1.29 is 17.6 Å². The Morgan fingerprint density at radius 3 is 2.76 bits per heavy atom. The second-order valence-corrected chi connectivity index (χ2v) is 6.14. The first-order valence-corrected chi connectivity index (χ1v) is 7.89. The first-order chi connectivity index (χ1) is 11.8. The maximum atomic E-state index is 12.8. The number of nitrogens with one attached hydrogen (secondary N) is 1. The predicted molar refractivity (Wildman–Crippen MR) is 81.4 cm³/mol. The van der Waals surface area contributed by atoms with Gasteiger partial charge in [-0.05, 0) is 37.3 Å². The van der Waals surface area contributed by atoms with Crippen molar-refractivity contribution in [1.82, 2.24) is 15.2 Å². The molecule has 1 fully saturated rings. The molecule has 0 saturated heterocycles. The average Bonchev–Trinajstić information content (AvgIpc) is 3.16. The molecule has 1 N–H and O–H groups in total. The minimum atomic E-state index is -4.54. The molecule has 0 aromatic carbocycles. The molecule has 1 saturated carbocycles. The number of nitriles is 1. The van der Waals surface area contributed by atoms with E-state index >= 15 is 0 Å². The zero-order valence-electron chi connectivity index (χ0n) is 13.5. The molecule has 0 bridgehead atoms. The van der Waals surface area contributed by atoms with Crippen molar-refractivity contribution in [2.45, 2.75) is 44.8 Å². The molecule has 9 heteroatoms. The minimum Gasteiger partial charge on any atom is -0.426 e. The van der Waals surface area contributed by atoms with Gasteiger partial charge in [-0.2, -0.15) is 18.4 Å². The van der Waals surface area contributed by atoms with Crippen molar-refractivity contribution in [2.75, 3.05) is 5.32 Å². The summed E-state index contributed by atoms with van der Waals surface area (Å²) in [5.41, 5.74) is -0.908. The fourth-order valence-electron chi connectivity index (χ4n) is 3.07. The molecule has 132 valence electrons. The number of aryl methyl sites for hydroxylation is 1. The number of halogens is 3. The van der Waals surface area contributed by atoms with Gasteiger partial charge in [-0.25, -0.2) is 4.98 Å². The molecule has 0 aliphatic heterocycles. The van der Waals surface area contributed by atoms with Gasteiger partial charge in [0.1, 0.15) is 17.6 Å². The zero-order valence-corrected chi connectivity index (χ0v) is 13.5. The van der Waals surface area contributed by atoms with E-state index in [4.69, 9.17) is 9.68 Å². The summed E-state index contributed by atoms with van der Waals surface area (Å²) < 4.78 is 43.8. The highest BCUT2D eigenvalue weighted by Gasteiger charge is 2.34. The van der Waals surface area contributed by atoms with Gasteiger partial charge >= 0.3 is 6.18 Å². The Bertz CT molecular complexity index is 796. The molecule has 2 aromatic rings. The molecular formula is C16H16F3N5O. The number of nitrogens with zero attached hydrogens (tertiary/aromatic N) is 4. The third-order valence-corrected chi connectivity index (χ3v) is 4.22. The van der Waals surface area contributed by atoms with E-state index in [1.807, 2.05) is 6.07 Å².